The standard InChI is InChI=1S/C21H19NO2/c23-21(24)19-13-22-12-11-18(19)20-16-7-3-1-5-14(16)9-10-15-6-2-4-8-17(15)20/h1-10,19,22H,11-13H2,(H,23,24). The lowest BCUT2D eigenvalue weighted by atomic mass is 9.81. The molecule has 1 unspecified atom stereocenters. The van der Waals surface area contributed by atoms with E-state index < -0.39 is 11.9 Å². The summed E-state index contributed by atoms with van der Waals surface area (Å²) in [6.07, 6.45) is 5.01. The molecule has 3 heteroatoms. The van der Waals surface area contributed by atoms with E-state index in [4.69, 9.17) is 0 Å². The van der Waals surface area contributed by atoms with Crippen molar-refractivity contribution in [1.82, 2.24) is 5.32 Å². The molecule has 2 N–H and O–H groups in total. The SMILES string of the molecule is O=C(O)C1CNCCC1=C1c2ccccc2C=Cc2ccccc21. The van der Waals surface area contributed by atoms with Crippen LogP contribution in [-0.2, 0) is 4.79 Å². The quantitative estimate of drug-likeness (QED) is 0.720. The van der Waals surface area contributed by atoms with Gasteiger partial charge in [-0.05, 0) is 46.4 Å². The van der Waals surface area contributed by atoms with Crippen LogP contribution in [0.2, 0.25) is 0 Å². The van der Waals surface area contributed by atoms with E-state index in [0.717, 1.165) is 46.4 Å². The maximum Gasteiger partial charge on any atom is 0.311 e. The number of aliphatic carboxylic acids is 1. The molecule has 0 spiro atoms. The first-order chi connectivity index (χ1) is 11.8. The van der Waals surface area contributed by atoms with Gasteiger partial charge in [0.05, 0.1) is 5.92 Å². The van der Waals surface area contributed by atoms with Crippen molar-refractivity contribution < 1.29 is 9.90 Å². The van der Waals surface area contributed by atoms with E-state index in [1.54, 1.807) is 0 Å². The molecular formula is C21H19NO2. The molecule has 4 rings (SSSR count). The number of carbonyl (C=O) groups is 1. The van der Waals surface area contributed by atoms with Crippen LogP contribution in [0.15, 0.2) is 54.1 Å². The van der Waals surface area contributed by atoms with Gasteiger partial charge in [0.1, 0.15) is 0 Å². The molecule has 120 valence electrons. The van der Waals surface area contributed by atoms with Crippen molar-refractivity contribution in [1.29, 1.82) is 0 Å². The first-order valence-corrected chi connectivity index (χ1v) is 8.29. The zero-order valence-electron chi connectivity index (χ0n) is 13.3. The molecule has 2 aliphatic rings. The van der Waals surface area contributed by atoms with Crippen molar-refractivity contribution in [2.75, 3.05) is 13.1 Å². The minimum absolute atomic E-state index is 0.479. The van der Waals surface area contributed by atoms with Crippen LogP contribution in [0.1, 0.15) is 28.7 Å². The van der Waals surface area contributed by atoms with Gasteiger partial charge in [0.25, 0.3) is 0 Å². The van der Waals surface area contributed by atoms with Crippen LogP contribution in [0.25, 0.3) is 17.7 Å². The fraction of sp³-hybridized carbons (Fsp3) is 0.190. The Morgan fingerprint density at radius 2 is 1.54 bits per heavy atom. The Kier molecular flexibility index (Phi) is 3.79. The number of rotatable bonds is 1. The van der Waals surface area contributed by atoms with Crippen molar-refractivity contribution in [3.63, 3.8) is 0 Å². The van der Waals surface area contributed by atoms with Gasteiger partial charge < -0.3 is 10.4 Å². The first-order valence-electron chi connectivity index (χ1n) is 8.29. The number of carboxylic acid groups (broad SMARTS) is 1. The van der Waals surface area contributed by atoms with Gasteiger partial charge in [0, 0.05) is 6.54 Å². The van der Waals surface area contributed by atoms with Crippen molar-refractivity contribution in [2.45, 2.75) is 6.42 Å². The highest BCUT2D eigenvalue weighted by Gasteiger charge is 2.30. The number of hydrogen-bond acceptors (Lipinski definition) is 2. The fourth-order valence-electron chi connectivity index (χ4n) is 3.71. The summed E-state index contributed by atoms with van der Waals surface area (Å²) in [4.78, 5) is 11.8. The van der Waals surface area contributed by atoms with E-state index in [2.05, 4.69) is 41.7 Å². The lowest BCUT2D eigenvalue weighted by Gasteiger charge is -2.27. The van der Waals surface area contributed by atoms with Crippen molar-refractivity contribution in [2.24, 2.45) is 5.92 Å². The second-order valence-corrected chi connectivity index (χ2v) is 6.25. The van der Waals surface area contributed by atoms with Crippen LogP contribution < -0.4 is 5.32 Å². The minimum Gasteiger partial charge on any atom is -0.481 e. The van der Waals surface area contributed by atoms with Gasteiger partial charge >= 0.3 is 5.97 Å². The molecule has 0 aromatic heterocycles. The Morgan fingerprint density at radius 3 is 2.12 bits per heavy atom. The van der Waals surface area contributed by atoms with Gasteiger partial charge in [-0.3, -0.25) is 4.79 Å². The number of piperidine rings is 1. The minimum atomic E-state index is -0.753. The molecular weight excluding hydrogens is 298 g/mol. The molecule has 0 bridgehead atoms. The van der Waals surface area contributed by atoms with E-state index in [1.165, 1.54) is 0 Å². The second-order valence-electron chi connectivity index (χ2n) is 6.25. The third-order valence-electron chi connectivity index (χ3n) is 4.86. The van der Waals surface area contributed by atoms with Crippen LogP contribution in [0.4, 0.5) is 0 Å². The highest BCUT2D eigenvalue weighted by Crippen LogP contribution is 2.39. The Labute approximate surface area is 141 Å². The Morgan fingerprint density at radius 1 is 0.958 bits per heavy atom. The van der Waals surface area contributed by atoms with Crippen LogP contribution >= 0.6 is 0 Å². The number of fused-ring (bicyclic) bond motifs is 2. The van der Waals surface area contributed by atoms with Gasteiger partial charge in [-0.25, -0.2) is 0 Å². The summed E-state index contributed by atoms with van der Waals surface area (Å²) >= 11 is 0. The third-order valence-corrected chi connectivity index (χ3v) is 4.86. The third kappa shape index (κ3) is 2.47. The van der Waals surface area contributed by atoms with Crippen LogP contribution in [0.5, 0.6) is 0 Å². The van der Waals surface area contributed by atoms with Crippen molar-refractivity contribution in [3.05, 3.63) is 76.4 Å². The predicted molar refractivity (Wildman–Crippen MR) is 96.4 cm³/mol. The zero-order valence-corrected chi connectivity index (χ0v) is 13.3. The number of nitrogens with one attached hydrogen (secondary N) is 1. The van der Waals surface area contributed by atoms with Crippen molar-refractivity contribution >= 4 is 23.7 Å². The molecule has 1 aliphatic carbocycles. The van der Waals surface area contributed by atoms with Gasteiger partial charge in [-0.2, -0.15) is 0 Å². The molecule has 1 atom stereocenters. The van der Waals surface area contributed by atoms with E-state index in [0.29, 0.717) is 6.54 Å². The van der Waals surface area contributed by atoms with Crippen LogP contribution in [0.3, 0.4) is 0 Å². The summed E-state index contributed by atoms with van der Waals surface area (Å²) in [5.74, 6) is -1.23. The highest BCUT2D eigenvalue weighted by atomic mass is 16.4. The lowest BCUT2D eigenvalue weighted by Crippen LogP contribution is -2.36. The summed E-state index contributed by atoms with van der Waals surface area (Å²) in [6.45, 7) is 1.31. The van der Waals surface area contributed by atoms with Crippen molar-refractivity contribution in [3.8, 4) is 0 Å². The highest BCUT2D eigenvalue weighted by molar-refractivity contribution is 5.96. The maximum atomic E-state index is 11.8. The normalized spacial score (nSPS) is 19.4. The zero-order chi connectivity index (χ0) is 16.5. The summed E-state index contributed by atoms with van der Waals surface area (Å²) in [6, 6.07) is 16.5. The number of hydrogen-bond donors (Lipinski definition) is 2. The van der Waals surface area contributed by atoms with E-state index in [9.17, 15) is 9.90 Å². The Balaban J connectivity index is 2.04. The number of carboxylic acids is 1. The molecule has 3 nitrogen and oxygen atoms in total. The Hall–Kier alpha value is -2.65. The molecule has 1 fully saturated rings. The van der Waals surface area contributed by atoms with Gasteiger partial charge in [0.2, 0.25) is 0 Å². The average Bonchev–Trinajstić information content (AvgIpc) is 2.78. The van der Waals surface area contributed by atoms with Gasteiger partial charge in [0.15, 0.2) is 0 Å². The summed E-state index contributed by atoms with van der Waals surface area (Å²) in [5.41, 5.74) is 6.66. The maximum absolute atomic E-state index is 11.8. The summed E-state index contributed by atoms with van der Waals surface area (Å²) < 4.78 is 0. The van der Waals surface area contributed by atoms with E-state index in [1.807, 2.05) is 24.3 Å². The molecule has 1 saturated heterocycles. The monoisotopic (exact) mass is 317 g/mol. The molecule has 24 heavy (non-hydrogen) atoms. The second kappa shape index (κ2) is 6.10. The Bertz CT molecular complexity index is 812. The van der Waals surface area contributed by atoms with E-state index in [-0.39, 0.29) is 0 Å². The lowest BCUT2D eigenvalue weighted by molar-refractivity contribution is -0.140. The fourth-order valence-corrected chi connectivity index (χ4v) is 3.71. The van der Waals surface area contributed by atoms with E-state index >= 15 is 0 Å². The smallest absolute Gasteiger partial charge is 0.311 e. The summed E-state index contributed by atoms with van der Waals surface area (Å²) in [5, 5.41) is 12.9. The topological polar surface area (TPSA) is 49.3 Å². The largest absolute Gasteiger partial charge is 0.481 e. The molecule has 1 heterocycles. The molecule has 2 aromatic rings. The molecule has 0 radical (unpaired) electrons. The average molecular weight is 317 g/mol. The molecule has 0 saturated carbocycles. The molecule has 2 aromatic carbocycles. The summed E-state index contributed by atoms with van der Waals surface area (Å²) in [7, 11) is 0. The van der Waals surface area contributed by atoms with Gasteiger partial charge in [-0.1, -0.05) is 60.7 Å². The van der Waals surface area contributed by atoms with Gasteiger partial charge in [-0.15, -0.1) is 0 Å². The molecule has 1 aliphatic heterocycles. The number of benzene rings is 2. The van der Waals surface area contributed by atoms with Crippen LogP contribution in [0, 0.1) is 5.92 Å². The molecule has 0 amide bonds. The predicted octanol–water partition coefficient (Wildman–Crippen LogP) is 3.67. The first kappa shape index (κ1) is 14.9. The van der Waals surface area contributed by atoms with Crippen LogP contribution in [-0.4, -0.2) is 24.2 Å².